The van der Waals surface area contributed by atoms with E-state index in [0.29, 0.717) is 5.02 Å². The molecule has 8 heteroatoms. The molecule has 0 aliphatic carbocycles. The summed E-state index contributed by atoms with van der Waals surface area (Å²) < 4.78 is 16.8. The van der Waals surface area contributed by atoms with E-state index in [-0.39, 0.29) is 35.8 Å². The highest BCUT2D eigenvalue weighted by Gasteiger charge is 2.54. The third kappa shape index (κ3) is 4.02. The Morgan fingerprint density at radius 2 is 1.93 bits per heavy atom. The van der Waals surface area contributed by atoms with Gasteiger partial charge in [-0.3, -0.25) is 14.5 Å². The highest BCUT2D eigenvalue weighted by Crippen LogP contribution is 2.39. The van der Waals surface area contributed by atoms with Crippen LogP contribution in [0.2, 0.25) is 5.02 Å². The molecule has 0 unspecified atom stereocenters. The molecule has 0 N–H and O–H groups in total. The van der Waals surface area contributed by atoms with Gasteiger partial charge in [0.05, 0.1) is 12.0 Å². The Kier molecular flexibility index (Phi) is 5.46. The first-order valence-electron chi connectivity index (χ1n) is 9.32. The van der Waals surface area contributed by atoms with Gasteiger partial charge in [-0.15, -0.1) is 0 Å². The number of allylic oxidation sites excluding steroid dienone is 1. The van der Waals surface area contributed by atoms with E-state index in [4.69, 9.17) is 25.8 Å². The van der Waals surface area contributed by atoms with E-state index < -0.39 is 24.4 Å². The molecule has 1 amide bonds. The number of rotatable bonds is 5. The molecule has 7 nitrogen and oxygen atoms in total. The van der Waals surface area contributed by atoms with Crippen LogP contribution in [0.3, 0.4) is 0 Å². The van der Waals surface area contributed by atoms with E-state index in [2.05, 4.69) is 0 Å². The molecule has 154 valence electrons. The van der Waals surface area contributed by atoms with Crippen LogP contribution >= 0.6 is 11.6 Å². The molecule has 4 rings (SSSR count). The Bertz CT molecular complexity index is 1030. The minimum Gasteiger partial charge on any atom is -0.464 e. The maximum absolute atomic E-state index is 12.7. The topological polar surface area (TPSA) is 82.1 Å². The standard InChI is InChI=1S/C22H18ClNO6/c1-13(25)28-17(10-14-6-3-2-4-7-14)20-21(24-18(26)12-19(24)29-20)30-22(27)15-8-5-9-16(23)11-15/h2-9,11,19,21H,10,12H2,1H3/t19-,21+/m1/s1. The summed E-state index contributed by atoms with van der Waals surface area (Å²) in [6.45, 7) is 1.27. The second-order valence-electron chi connectivity index (χ2n) is 6.89. The molecule has 2 heterocycles. The SMILES string of the molecule is CC(=O)OC(Cc1ccccc1)=C1O[C@@H]2CC(=O)N2[C@H]1OC(=O)c1cccc(Cl)c1. The lowest BCUT2D eigenvalue weighted by Gasteiger charge is -2.33. The van der Waals surface area contributed by atoms with Crippen LogP contribution in [-0.2, 0) is 30.2 Å². The Balaban J connectivity index is 1.68. The van der Waals surface area contributed by atoms with Crippen molar-refractivity contribution in [1.82, 2.24) is 4.90 Å². The summed E-state index contributed by atoms with van der Waals surface area (Å²) in [5, 5.41) is 0.380. The molecule has 0 aromatic heterocycles. The van der Waals surface area contributed by atoms with Crippen molar-refractivity contribution in [2.24, 2.45) is 0 Å². The zero-order valence-electron chi connectivity index (χ0n) is 16.0. The number of ether oxygens (including phenoxy) is 3. The molecule has 0 bridgehead atoms. The predicted molar refractivity (Wildman–Crippen MR) is 106 cm³/mol. The van der Waals surface area contributed by atoms with Crippen LogP contribution in [0, 0.1) is 0 Å². The van der Waals surface area contributed by atoms with Crippen molar-refractivity contribution < 1.29 is 28.6 Å². The van der Waals surface area contributed by atoms with E-state index in [1.807, 2.05) is 30.3 Å². The number of benzene rings is 2. The average Bonchev–Trinajstić information content (AvgIpc) is 2.99. The third-order valence-corrected chi connectivity index (χ3v) is 4.95. The maximum atomic E-state index is 12.7. The molecule has 2 aromatic rings. The predicted octanol–water partition coefficient (Wildman–Crippen LogP) is 3.43. The van der Waals surface area contributed by atoms with Crippen LogP contribution in [-0.4, -0.2) is 35.2 Å². The second kappa shape index (κ2) is 8.20. The largest absolute Gasteiger partial charge is 0.464 e. The van der Waals surface area contributed by atoms with E-state index in [1.54, 1.807) is 18.2 Å². The molecule has 2 aliphatic heterocycles. The van der Waals surface area contributed by atoms with Gasteiger partial charge in [0, 0.05) is 18.4 Å². The number of halogens is 1. The number of carbonyl (C=O) groups is 3. The number of nitrogens with zero attached hydrogens (tertiary/aromatic N) is 1. The summed E-state index contributed by atoms with van der Waals surface area (Å²) in [5.74, 6) is -1.11. The van der Waals surface area contributed by atoms with Crippen molar-refractivity contribution in [2.75, 3.05) is 0 Å². The first-order chi connectivity index (χ1) is 14.4. The fourth-order valence-electron chi connectivity index (χ4n) is 3.34. The lowest BCUT2D eigenvalue weighted by atomic mass is 10.1. The summed E-state index contributed by atoms with van der Waals surface area (Å²) in [5.41, 5.74) is 1.10. The van der Waals surface area contributed by atoms with Gasteiger partial charge in [0.2, 0.25) is 12.1 Å². The number of hydrogen-bond acceptors (Lipinski definition) is 6. The van der Waals surface area contributed by atoms with Gasteiger partial charge in [-0.25, -0.2) is 4.79 Å². The van der Waals surface area contributed by atoms with Gasteiger partial charge in [-0.2, -0.15) is 0 Å². The van der Waals surface area contributed by atoms with Crippen molar-refractivity contribution in [3.63, 3.8) is 0 Å². The Morgan fingerprint density at radius 3 is 2.60 bits per heavy atom. The third-order valence-electron chi connectivity index (χ3n) is 4.72. The molecule has 2 aromatic carbocycles. The molecule has 2 atom stereocenters. The number of esters is 2. The summed E-state index contributed by atoms with van der Waals surface area (Å²) >= 11 is 5.95. The monoisotopic (exact) mass is 427 g/mol. The first kappa shape index (κ1) is 20.0. The quantitative estimate of drug-likeness (QED) is 0.413. The normalized spacial score (nSPS) is 21.3. The second-order valence-corrected chi connectivity index (χ2v) is 7.33. The first-order valence-corrected chi connectivity index (χ1v) is 9.70. The zero-order valence-corrected chi connectivity index (χ0v) is 16.8. The van der Waals surface area contributed by atoms with Gasteiger partial charge in [-0.05, 0) is 23.8 Å². The maximum Gasteiger partial charge on any atom is 0.340 e. The van der Waals surface area contributed by atoms with Crippen molar-refractivity contribution in [3.05, 3.63) is 82.3 Å². The summed E-state index contributed by atoms with van der Waals surface area (Å²) in [4.78, 5) is 37.9. The van der Waals surface area contributed by atoms with Crippen LogP contribution in [0.25, 0.3) is 0 Å². The number of carbonyl (C=O) groups excluding carboxylic acids is 3. The molecule has 0 spiro atoms. The molecular weight excluding hydrogens is 410 g/mol. The zero-order chi connectivity index (χ0) is 21.3. The van der Waals surface area contributed by atoms with Gasteiger partial charge in [0.15, 0.2) is 17.7 Å². The van der Waals surface area contributed by atoms with Crippen molar-refractivity contribution in [1.29, 1.82) is 0 Å². The van der Waals surface area contributed by atoms with Gasteiger partial charge < -0.3 is 14.2 Å². The van der Waals surface area contributed by atoms with Gasteiger partial charge in [0.1, 0.15) is 0 Å². The number of fused-ring (bicyclic) bond motifs is 1. The van der Waals surface area contributed by atoms with E-state index in [9.17, 15) is 14.4 Å². The van der Waals surface area contributed by atoms with Crippen LogP contribution in [0.1, 0.15) is 29.3 Å². The molecular formula is C22H18ClNO6. The average molecular weight is 428 g/mol. The van der Waals surface area contributed by atoms with Crippen LogP contribution < -0.4 is 0 Å². The van der Waals surface area contributed by atoms with Crippen molar-refractivity contribution >= 4 is 29.4 Å². The van der Waals surface area contributed by atoms with Crippen LogP contribution in [0.4, 0.5) is 0 Å². The lowest BCUT2D eigenvalue weighted by molar-refractivity contribution is -0.164. The number of amides is 1. The minimum atomic E-state index is -1.12. The summed E-state index contributed by atoms with van der Waals surface area (Å²) in [7, 11) is 0. The fraction of sp³-hybridized carbons (Fsp3) is 0.227. The van der Waals surface area contributed by atoms with Crippen LogP contribution in [0.5, 0.6) is 0 Å². The highest BCUT2D eigenvalue weighted by atomic mass is 35.5. The summed E-state index contributed by atoms with van der Waals surface area (Å²) in [6.07, 6.45) is -1.30. The minimum absolute atomic E-state index is 0.139. The van der Waals surface area contributed by atoms with Crippen LogP contribution in [0.15, 0.2) is 66.1 Å². The fourth-order valence-corrected chi connectivity index (χ4v) is 3.53. The number of hydrogen-bond donors (Lipinski definition) is 0. The lowest BCUT2D eigenvalue weighted by Crippen LogP contribution is -2.53. The van der Waals surface area contributed by atoms with Gasteiger partial charge in [0.25, 0.3) is 0 Å². The Morgan fingerprint density at radius 1 is 1.17 bits per heavy atom. The molecule has 0 radical (unpaired) electrons. The molecule has 30 heavy (non-hydrogen) atoms. The molecule has 2 fully saturated rings. The van der Waals surface area contributed by atoms with E-state index >= 15 is 0 Å². The van der Waals surface area contributed by atoms with Crippen molar-refractivity contribution in [2.45, 2.75) is 32.2 Å². The molecule has 2 aliphatic rings. The summed E-state index contributed by atoms with van der Waals surface area (Å²) in [6, 6.07) is 15.6. The molecule has 2 saturated heterocycles. The number of β-lactam (4-membered cyclic amide) rings is 1. The Labute approximate surface area is 177 Å². The molecule has 0 saturated carbocycles. The smallest absolute Gasteiger partial charge is 0.340 e. The van der Waals surface area contributed by atoms with Crippen molar-refractivity contribution in [3.8, 4) is 0 Å². The highest BCUT2D eigenvalue weighted by molar-refractivity contribution is 6.30. The van der Waals surface area contributed by atoms with E-state index in [1.165, 1.54) is 17.9 Å². The Hall–Kier alpha value is -3.32. The van der Waals surface area contributed by atoms with Gasteiger partial charge in [-0.1, -0.05) is 48.0 Å². The van der Waals surface area contributed by atoms with E-state index in [0.717, 1.165) is 5.56 Å². The van der Waals surface area contributed by atoms with Gasteiger partial charge >= 0.3 is 11.9 Å².